The Morgan fingerprint density at radius 1 is 1.42 bits per heavy atom. The van der Waals surface area contributed by atoms with Crippen LogP contribution in [0.3, 0.4) is 0 Å². The summed E-state index contributed by atoms with van der Waals surface area (Å²) in [7, 11) is 1.64. The Balaban J connectivity index is 2.21. The molecule has 0 atom stereocenters. The van der Waals surface area contributed by atoms with Crippen molar-refractivity contribution in [2.45, 2.75) is 6.42 Å². The molecular weight excluding hydrogens is 248 g/mol. The molecule has 0 unspecified atom stereocenters. The summed E-state index contributed by atoms with van der Waals surface area (Å²) in [6, 6.07) is 7.26. The van der Waals surface area contributed by atoms with Gasteiger partial charge >= 0.3 is 11.7 Å². The molecule has 0 saturated carbocycles. The standard InChI is InChI=1S/C12H14N4O3/c1-15-8-14-11(16(17)18)12(15)19-10-4-2-9(3-5-10)6-7-13/h2-5,8H,6-7,13H2,1H3. The van der Waals surface area contributed by atoms with Crippen LogP contribution in [0.5, 0.6) is 11.6 Å². The fourth-order valence-corrected chi connectivity index (χ4v) is 1.65. The molecule has 0 saturated heterocycles. The molecule has 1 aromatic carbocycles. The van der Waals surface area contributed by atoms with E-state index >= 15 is 0 Å². The Bertz CT molecular complexity index is 577. The minimum absolute atomic E-state index is 0.108. The van der Waals surface area contributed by atoms with Crippen LogP contribution >= 0.6 is 0 Å². The third-order valence-corrected chi connectivity index (χ3v) is 2.61. The normalized spacial score (nSPS) is 10.4. The maximum Gasteiger partial charge on any atom is 0.427 e. The molecule has 0 amide bonds. The smallest absolute Gasteiger partial charge is 0.427 e. The summed E-state index contributed by atoms with van der Waals surface area (Å²) < 4.78 is 6.97. The Hall–Kier alpha value is -2.41. The maximum atomic E-state index is 10.8. The minimum atomic E-state index is -0.571. The van der Waals surface area contributed by atoms with Gasteiger partial charge in [0.25, 0.3) is 0 Å². The van der Waals surface area contributed by atoms with Crippen molar-refractivity contribution in [1.82, 2.24) is 9.55 Å². The van der Waals surface area contributed by atoms with Crippen molar-refractivity contribution in [3.63, 3.8) is 0 Å². The maximum absolute atomic E-state index is 10.8. The van der Waals surface area contributed by atoms with E-state index in [1.807, 2.05) is 12.1 Å². The van der Waals surface area contributed by atoms with Gasteiger partial charge in [0.2, 0.25) is 6.33 Å². The highest BCUT2D eigenvalue weighted by Gasteiger charge is 2.22. The van der Waals surface area contributed by atoms with Gasteiger partial charge in [-0.05, 0) is 40.6 Å². The Kier molecular flexibility index (Phi) is 3.76. The zero-order valence-electron chi connectivity index (χ0n) is 10.4. The van der Waals surface area contributed by atoms with E-state index in [4.69, 9.17) is 10.5 Å². The average molecular weight is 262 g/mol. The monoisotopic (exact) mass is 262 g/mol. The fourth-order valence-electron chi connectivity index (χ4n) is 1.65. The first-order valence-electron chi connectivity index (χ1n) is 5.74. The second-order valence-electron chi connectivity index (χ2n) is 4.03. The van der Waals surface area contributed by atoms with Crippen molar-refractivity contribution in [2.24, 2.45) is 12.8 Å². The van der Waals surface area contributed by atoms with Gasteiger partial charge in [-0.2, -0.15) is 0 Å². The molecule has 2 N–H and O–H groups in total. The molecule has 7 heteroatoms. The lowest BCUT2D eigenvalue weighted by Gasteiger charge is -2.06. The zero-order chi connectivity index (χ0) is 13.8. The highest BCUT2D eigenvalue weighted by molar-refractivity contribution is 5.38. The third-order valence-electron chi connectivity index (χ3n) is 2.61. The molecule has 0 spiro atoms. The van der Waals surface area contributed by atoms with Crippen LogP contribution in [0.25, 0.3) is 0 Å². The van der Waals surface area contributed by atoms with E-state index in [0.717, 1.165) is 12.0 Å². The van der Waals surface area contributed by atoms with Gasteiger partial charge in [-0.25, -0.2) is 0 Å². The van der Waals surface area contributed by atoms with E-state index < -0.39 is 4.92 Å². The molecule has 0 radical (unpaired) electrons. The lowest BCUT2D eigenvalue weighted by Crippen LogP contribution is -2.02. The number of nitrogens with two attached hydrogens (primary N) is 1. The van der Waals surface area contributed by atoms with Gasteiger partial charge in [0.1, 0.15) is 5.75 Å². The van der Waals surface area contributed by atoms with Crippen LogP contribution in [0.2, 0.25) is 0 Å². The third kappa shape index (κ3) is 2.89. The van der Waals surface area contributed by atoms with Gasteiger partial charge in [-0.1, -0.05) is 12.1 Å². The molecule has 2 rings (SSSR count). The molecule has 100 valence electrons. The summed E-state index contributed by atoms with van der Waals surface area (Å²) in [5, 5.41) is 10.8. The van der Waals surface area contributed by atoms with Crippen LogP contribution in [-0.4, -0.2) is 21.0 Å². The first-order valence-corrected chi connectivity index (χ1v) is 5.74. The minimum Gasteiger partial charge on any atom is -0.434 e. The molecular formula is C12H14N4O3. The molecule has 0 fully saturated rings. The number of rotatable bonds is 5. The Morgan fingerprint density at radius 2 is 2.11 bits per heavy atom. The largest absolute Gasteiger partial charge is 0.434 e. The summed E-state index contributed by atoms with van der Waals surface area (Å²) in [6.45, 7) is 0.577. The molecule has 1 aromatic heterocycles. The van der Waals surface area contributed by atoms with Crippen LogP contribution in [0.15, 0.2) is 30.6 Å². The number of nitro groups is 1. The van der Waals surface area contributed by atoms with Crippen LogP contribution in [0.4, 0.5) is 5.82 Å². The number of aromatic nitrogens is 2. The Labute approximate surface area is 109 Å². The number of nitrogens with zero attached hydrogens (tertiary/aromatic N) is 3. The van der Waals surface area contributed by atoms with Crippen molar-refractivity contribution in [3.8, 4) is 11.6 Å². The molecule has 19 heavy (non-hydrogen) atoms. The van der Waals surface area contributed by atoms with E-state index in [-0.39, 0.29) is 11.7 Å². The van der Waals surface area contributed by atoms with E-state index in [1.54, 1.807) is 19.2 Å². The van der Waals surface area contributed by atoms with Crippen molar-refractivity contribution >= 4 is 5.82 Å². The number of ether oxygens (including phenoxy) is 1. The number of aryl methyl sites for hydroxylation is 1. The second-order valence-corrected chi connectivity index (χ2v) is 4.03. The number of hydrogen-bond acceptors (Lipinski definition) is 5. The molecule has 0 bridgehead atoms. The first kappa shape index (κ1) is 13.0. The fraction of sp³-hybridized carbons (Fsp3) is 0.250. The van der Waals surface area contributed by atoms with Gasteiger partial charge < -0.3 is 20.6 Å². The van der Waals surface area contributed by atoms with Gasteiger partial charge in [-0.3, -0.25) is 4.57 Å². The Morgan fingerprint density at radius 3 is 2.68 bits per heavy atom. The quantitative estimate of drug-likeness (QED) is 0.652. The van der Waals surface area contributed by atoms with Crippen molar-refractivity contribution < 1.29 is 9.66 Å². The van der Waals surface area contributed by atoms with Gasteiger partial charge in [0, 0.05) is 7.05 Å². The summed E-state index contributed by atoms with van der Waals surface area (Å²) in [5.74, 6) is 0.331. The van der Waals surface area contributed by atoms with Crippen molar-refractivity contribution in [1.29, 1.82) is 0 Å². The zero-order valence-corrected chi connectivity index (χ0v) is 10.4. The van der Waals surface area contributed by atoms with Gasteiger partial charge in [0.15, 0.2) is 0 Å². The molecule has 2 aromatic rings. The second kappa shape index (κ2) is 5.49. The lowest BCUT2D eigenvalue weighted by molar-refractivity contribution is -0.390. The highest BCUT2D eigenvalue weighted by atomic mass is 16.6. The van der Waals surface area contributed by atoms with E-state index in [9.17, 15) is 10.1 Å². The summed E-state index contributed by atoms with van der Waals surface area (Å²) in [4.78, 5) is 13.9. The van der Waals surface area contributed by atoms with Crippen molar-refractivity contribution in [3.05, 3.63) is 46.3 Å². The van der Waals surface area contributed by atoms with Crippen molar-refractivity contribution in [2.75, 3.05) is 6.54 Å². The summed E-state index contributed by atoms with van der Waals surface area (Å²) in [5.41, 5.74) is 6.56. The number of imidazole rings is 1. The highest BCUT2D eigenvalue weighted by Crippen LogP contribution is 2.29. The average Bonchev–Trinajstić information content (AvgIpc) is 2.74. The summed E-state index contributed by atoms with van der Waals surface area (Å²) in [6.07, 6.45) is 2.13. The van der Waals surface area contributed by atoms with Gasteiger partial charge in [-0.15, -0.1) is 0 Å². The number of benzene rings is 1. The van der Waals surface area contributed by atoms with E-state index in [2.05, 4.69) is 4.98 Å². The number of hydrogen-bond donors (Lipinski definition) is 1. The van der Waals surface area contributed by atoms with Crippen LogP contribution in [-0.2, 0) is 13.5 Å². The molecule has 0 aliphatic rings. The molecule has 1 heterocycles. The van der Waals surface area contributed by atoms with Gasteiger partial charge in [0.05, 0.1) is 0 Å². The predicted octanol–water partition coefficient (Wildman–Crippen LogP) is 1.62. The molecule has 7 nitrogen and oxygen atoms in total. The van der Waals surface area contributed by atoms with E-state index in [0.29, 0.717) is 12.3 Å². The lowest BCUT2D eigenvalue weighted by atomic mass is 10.1. The molecule has 0 aliphatic carbocycles. The van der Waals surface area contributed by atoms with E-state index in [1.165, 1.54) is 10.9 Å². The molecule has 0 aliphatic heterocycles. The van der Waals surface area contributed by atoms with Crippen LogP contribution in [0, 0.1) is 10.1 Å². The summed E-state index contributed by atoms with van der Waals surface area (Å²) >= 11 is 0. The van der Waals surface area contributed by atoms with Crippen LogP contribution < -0.4 is 10.5 Å². The topological polar surface area (TPSA) is 96.2 Å². The first-order chi connectivity index (χ1) is 9.11. The SMILES string of the molecule is Cn1cnc([N+](=O)[O-])c1Oc1ccc(CCN)cc1. The van der Waals surface area contributed by atoms with Crippen LogP contribution in [0.1, 0.15) is 5.56 Å². The predicted molar refractivity (Wildman–Crippen MR) is 69.1 cm³/mol.